The maximum atomic E-state index is 11.3. The molecule has 1 N–H and O–H groups in total. The highest BCUT2D eigenvalue weighted by molar-refractivity contribution is 5.63. The van der Waals surface area contributed by atoms with E-state index in [0.29, 0.717) is 23.7 Å². The Bertz CT molecular complexity index is 944. The van der Waals surface area contributed by atoms with Gasteiger partial charge in [-0.1, -0.05) is 12.1 Å². The van der Waals surface area contributed by atoms with E-state index in [2.05, 4.69) is 11.4 Å². The highest BCUT2D eigenvalue weighted by atomic mass is 16.6. The molecule has 2 bridgehead atoms. The molecule has 0 amide bonds. The molecule has 5 rings (SSSR count). The summed E-state index contributed by atoms with van der Waals surface area (Å²) >= 11 is 0. The van der Waals surface area contributed by atoms with Crippen LogP contribution in [0.25, 0.3) is 0 Å². The molecule has 5 atom stereocenters. The summed E-state index contributed by atoms with van der Waals surface area (Å²) in [6.07, 6.45) is 3.67. The minimum atomic E-state index is -0.292. The molecule has 2 aliphatic carbocycles. The molecule has 3 aliphatic rings. The Morgan fingerprint density at radius 2 is 1.89 bits per heavy atom. The van der Waals surface area contributed by atoms with Crippen LogP contribution in [0, 0.1) is 27.9 Å². The summed E-state index contributed by atoms with van der Waals surface area (Å²) in [4.78, 5) is 11.0. The summed E-state index contributed by atoms with van der Waals surface area (Å²) in [7, 11) is 3.34. The maximum Gasteiger partial charge on any atom is 0.269 e. The zero-order valence-corrected chi connectivity index (χ0v) is 16.1. The van der Waals surface area contributed by atoms with Gasteiger partial charge >= 0.3 is 0 Å². The molecular weight excluding hydrogens is 356 g/mol. The molecule has 1 aliphatic heterocycles. The van der Waals surface area contributed by atoms with Crippen molar-refractivity contribution in [3.8, 4) is 11.5 Å². The minimum Gasteiger partial charge on any atom is -0.493 e. The topological polar surface area (TPSA) is 73.6 Å². The van der Waals surface area contributed by atoms with Gasteiger partial charge in [0.25, 0.3) is 5.69 Å². The van der Waals surface area contributed by atoms with Gasteiger partial charge in [-0.15, -0.1) is 0 Å². The number of anilines is 1. The van der Waals surface area contributed by atoms with Crippen LogP contribution >= 0.6 is 0 Å². The number of methoxy groups -OCH3 is 2. The number of nitro benzene ring substituents is 1. The number of benzene rings is 2. The van der Waals surface area contributed by atoms with Crippen molar-refractivity contribution in [2.45, 2.75) is 31.2 Å². The summed E-state index contributed by atoms with van der Waals surface area (Å²) in [5.41, 5.74) is 3.41. The lowest BCUT2D eigenvalue weighted by Crippen LogP contribution is -2.35. The first-order valence-corrected chi connectivity index (χ1v) is 9.88. The van der Waals surface area contributed by atoms with E-state index in [9.17, 15) is 10.1 Å². The predicted molar refractivity (Wildman–Crippen MR) is 106 cm³/mol. The molecule has 2 saturated carbocycles. The molecule has 146 valence electrons. The average molecular weight is 380 g/mol. The van der Waals surface area contributed by atoms with Crippen molar-refractivity contribution in [1.82, 2.24) is 0 Å². The zero-order chi connectivity index (χ0) is 19.4. The number of nitro groups is 1. The summed E-state index contributed by atoms with van der Waals surface area (Å²) in [5, 5.41) is 15.0. The van der Waals surface area contributed by atoms with Crippen molar-refractivity contribution in [3.05, 3.63) is 57.6 Å². The van der Waals surface area contributed by atoms with Crippen LogP contribution in [0.2, 0.25) is 0 Å². The molecule has 2 aromatic rings. The number of non-ortho nitro benzene ring substituents is 1. The molecule has 6 heteroatoms. The lowest BCUT2D eigenvalue weighted by Gasteiger charge is -2.43. The Morgan fingerprint density at radius 3 is 2.64 bits per heavy atom. The van der Waals surface area contributed by atoms with Crippen LogP contribution in [-0.4, -0.2) is 19.1 Å². The van der Waals surface area contributed by atoms with Gasteiger partial charge in [-0.2, -0.15) is 0 Å². The number of hydrogen-bond acceptors (Lipinski definition) is 5. The average Bonchev–Trinajstić information content (AvgIpc) is 3.34. The van der Waals surface area contributed by atoms with E-state index in [1.165, 1.54) is 19.3 Å². The van der Waals surface area contributed by atoms with Crippen LogP contribution in [0.5, 0.6) is 11.5 Å². The van der Waals surface area contributed by atoms with Crippen LogP contribution < -0.4 is 14.8 Å². The molecule has 0 unspecified atom stereocenters. The SMILES string of the molecule is COc1cccc([C@H]2Nc3ccc([N+](=O)[O-])cc3[C@@H]3[C@@H]4CC[C@@H](C4)[C@@H]32)c1OC. The lowest BCUT2D eigenvalue weighted by atomic mass is 9.68. The summed E-state index contributed by atoms with van der Waals surface area (Å²) in [6, 6.07) is 11.4. The Morgan fingerprint density at radius 1 is 1.07 bits per heavy atom. The fourth-order valence-corrected chi connectivity index (χ4v) is 6.05. The molecule has 2 aromatic carbocycles. The van der Waals surface area contributed by atoms with Crippen molar-refractivity contribution in [2.24, 2.45) is 17.8 Å². The third kappa shape index (κ3) is 2.40. The Labute approximate surface area is 164 Å². The minimum absolute atomic E-state index is 0.110. The fraction of sp³-hybridized carbons (Fsp3) is 0.455. The van der Waals surface area contributed by atoms with Crippen LogP contribution in [-0.2, 0) is 0 Å². The molecule has 1 heterocycles. The molecule has 6 nitrogen and oxygen atoms in total. The lowest BCUT2D eigenvalue weighted by molar-refractivity contribution is -0.384. The van der Waals surface area contributed by atoms with E-state index in [-0.39, 0.29) is 16.7 Å². The van der Waals surface area contributed by atoms with E-state index in [1.807, 2.05) is 18.2 Å². The monoisotopic (exact) mass is 380 g/mol. The second kappa shape index (κ2) is 6.40. The highest BCUT2D eigenvalue weighted by Gasteiger charge is 2.54. The number of nitrogens with zero attached hydrogens (tertiary/aromatic N) is 1. The fourth-order valence-electron chi connectivity index (χ4n) is 6.05. The van der Waals surface area contributed by atoms with Crippen LogP contribution in [0.15, 0.2) is 36.4 Å². The first-order valence-electron chi connectivity index (χ1n) is 9.88. The van der Waals surface area contributed by atoms with Gasteiger partial charge in [0.15, 0.2) is 11.5 Å². The van der Waals surface area contributed by atoms with Gasteiger partial charge in [-0.3, -0.25) is 10.1 Å². The molecule has 0 radical (unpaired) electrons. The Balaban J connectivity index is 1.65. The Hall–Kier alpha value is -2.76. The molecule has 0 saturated heterocycles. The van der Waals surface area contributed by atoms with E-state index in [1.54, 1.807) is 26.4 Å². The van der Waals surface area contributed by atoms with Gasteiger partial charge in [0.1, 0.15) is 0 Å². The number of rotatable bonds is 4. The highest BCUT2D eigenvalue weighted by Crippen LogP contribution is 2.64. The third-order valence-corrected chi connectivity index (χ3v) is 7.05. The van der Waals surface area contributed by atoms with Gasteiger partial charge in [-0.25, -0.2) is 0 Å². The van der Waals surface area contributed by atoms with Crippen molar-refractivity contribution >= 4 is 11.4 Å². The first-order chi connectivity index (χ1) is 13.6. The summed E-state index contributed by atoms with van der Waals surface area (Å²) in [5.74, 6) is 3.52. The second-order valence-corrected chi connectivity index (χ2v) is 8.17. The maximum absolute atomic E-state index is 11.3. The summed E-state index contributed by atoms with van der Waals surface area (Å²) < 4.78 is 11.3. The largest absolute Gasteiger partial charge is 0.493 e. The van der Waals surface area contributed by atoms with Crippen LogP contribution in [0.3, 0.4) is 0 Å². The normalized spacial score (nSPS) is 29.6. The number of ether oxygens (including phenoxy) is 2. The van der Waals surface area contributed by atoms with Gasteiger partial charge < -0.3 is 14.8 Å². The predicted octanol–water partition coefficient (Wildman–Crippen LogP) is 4.91. The van der Waals surface area contributed by atoms with Crippen LogP contribution in [0.1, 0.15) is 42.3 Å². The van der Waals surface area contributed by atoms with Crippen LogP contribution in [0.4, 0.5) is 11.4 Å². The first kappa shape index (κ1) is 17.3. The van der Waals surface area contributed by atoms with Gasteiger partial charge in [0.2, 0.25) is 0 Å². The van der Waals surface area contributed by atoms with Crippen molar-refractivity contribution in [3.63, 3.8) is 0 Å². The van der Waals surface area contributed by atoms with E-state index in [0.717, 1.165) is 28.3 Å². The summed E-state index contributed by atoms with van der Waals surface area (Å²) in [6.45, 7) is 0. The number of hydrogen-bond donors (Lipinski definition) is 1. The van der Waals surface area contributed by atoms with Gasteiger partial charge in [0, 0.05) is 23.4 Å². The second-order valence-electron chi connectivity index (χ2n) is 8.17. The van der Waals surface area contributed by atoms with Gasteiger partial charge in [0.05, 0.1) is 25.2 Å². The zero-order valence-electron chi connectivity index (χ0n) is 16.1. The standard InChI is InChI=1S/C22H24N2O4/c1-27-18-5-3-4-15(22(18)28-2)21-20-13-7-6-12(10-13)19(20)16-11-14(24(25)26)8-9-17(16)23-21/h3-5,8-9,11-13,19-21,23H,6-7,10H2,1-2H3/t12-,13+,19+,20+,21-/m1/s1. The third-order valence-electron chi connectivity index (χ3n) is 7.05. The Kier molecular flexibility index (Phi) is 3.96. The molecule has 0 aromatic heterocycles. The van der Waals surface area contributed by atoms with Crippen molar-refractivity contribution in [2.75, 3.05) is 19.5 Å². The van der Waals surface area contributed by atoms with E-state index in [4.69, 9.17) is 9.47 Å². The number of para-hydroxylation sites is 1. The van der Waals surface area contributed by atoms with Gasteiger partial charge in [-0.05, 0) is 60.6 Å². The van der Waals surface area contributed by atoms with E-state index < -0.39 is 0 Å². The molecular formula is C22H24N2O4. The number of fused-ring (bicyclic) bond motifs is 7. The molecule has 0 spiro atoms. The smallest absolute Gasteiger partial charge is 0.269 e. The molecule has 2 fully saturated rings. The quantitative estimate of drug-likeness (QED) is 0.603. The van der Waals surface area contributed by atoms with Crippen molar-refractivity contribution < 1.29 is 14.4 Å². The molecule has 28 heavy (non-hydrogen) atoms. The van der Waals surface area contributed by atoms with Crippen molar-refractivity contribution in [1.29, 1.82) is 0 Å². The van der Waals surface area contributed by atoms with E-state index >= 15 is 0 Å². The number of nitrogens with one attached hydrogen (secondary N) is 1.